The Kier molecular flexibility index (Phi) is 5.11. The molecule has 0 bridgehead atoms. The van der Waals surface area contributed by atoms with Crippen molar-refractivity contribution in [2.45, 2.75) is 33.0 Å². The summed E-state index contributed by atoms with van der Waals surface area (Å²) in [6, 6.07) is 7.29. The first-order valence-corrected chi connectivity index (χ1v) is 9.38. The van der Waals surface area contributed by atoms with Crippen molar-refractivity contribution < 1.29 is 18.3 Å². The van der Waals surface area contributed by atoms with E-state index in [9.17, 15) is 13.6 Å². The Hall–Kier alpha value is -3.49. The van der Waals surface area contributed by atoms with Crippen molar-refractivity contribution in [1.82, 2.24) is 14.5 Å². The zero-order valence-corrected chi connectivity index (χ0v) is 16.7. The minimum Gasteiger partial charge on any atom is -0.473 e. The van der Waals surface area contributed by atoms with E-state index in [2.05, 4.69) is 9.97 Å². The van der Waals surface area contributed by atoms with Crippen molar-refractivity contribution in [3.63, 3.8) is 0 Å². The molecule has 0 saturated heterocycles. The van der Waals surface area contributed by atoms with Crippen LogP contribution in [0.4, 0.5) is 14.6 Å². The highest BCUT2D eigenvalue weighted by molar-refractivity contribution is 5.45. The minimum absolute atomic E-state index is 0.0964. The maximum absolute atomic E-state index is 14.4. The van der Waals surface area contributed by atoms with E-state index in [4.69, 9.17) is 9.47 Å². The van der Waals surface area contributed by atoms with Gasteiger partial charge in [-0.25, -0.2) is 13.6 Å². The molecule has 1 atom stereocenters. The molecule has 0 fully saturated rings. The number of rotatable bonds is 5. The maximum atomic E-state index is 14.4. The highest BCUT2D eigenvalue weighted by atomic mass is 19.1. The summed E-state index contributed by atoms with van der Waals surface area (Å²) in [7, 11) is 1.87. The molecule has 2 aromatic heterocycles. The number of anilines is 1. The molecule has 3 heterocycles. The number of pyridine rings is 1. The molecule has 1 aromatic carbocycles. The van der Waals surface area contributed by atoms with Crippen molar-refractivity contribution in [3.8, 4) is 17.4 Å². The second-order valence-electron chi connectivity index (χ2n) is 7.22. The first-order valence-electron chi connectivity index (χ1n) is 9.38. The van der Waals surface area contributed by atoms with Crippen LogP contribution in [0.2, 0.25) is 0 Å². The summed E-state index contributed by atoms with van der Waals surface area (Å²) in [6.07, 6.45) is 1.39. The van der Waals surface area contributed by atoms with Crippen molar-refractivity contribution in [3.05, 3.63) is 69.9 Å². The van der Waals surface area contributed by atoms with Gasteiger partial charge in [0.1, 0.15) is 18.2 Å². The zero-order valence-electron chi connectivity index (χ0n) is 16.7. The van der Waals surface area contributed by atoms with Gasteiger partial charge in [-0.05, 0) is 43.7 Å². The molecule has 3 aromatic rings. The lowest BCUT2D eigenvalue weighted by Crippen LogP contribution is -2.23. The Morgan fingerprint density at radius 3 is 2.60 bits per heavy atom. The lowest BCUT2D eigenvalue weighted by Gasteiger charge is -2.16. The molecule has 4 rings (SSSR count). The Bertz CT molecular complexity index is 1120. The Labute approximate surface area is 171 Å². The molecule has 0 amide bonds. The molecule has 1 aliphatic rings. The van der Waals surface area contributed by atoms with Crippen LogP contribution in [0.5, 0.6) is 17.4 Å². The minimum atomic E-state index is -0.871. The van der Waals surface area contributed by atoms with Crippen molar-refractivity contribution in [2.24, 2.45) is 0 Å². The van der Waals surface area contributed by atoms with Crippen LogP contribution in [0.25, 0.3) is 0 Å². The van der Waals surface area contributed by atoms with Crippen LogP contribution in [-0.4, -0.2) is 27.6 Å². The van der Waals surface area contributed by atoms with Gasteiger partial charge in [0, 0.05) is 31.4 Å². The van der Waals surface area contributed by atoms with E-state index in [-0.39, 0.29) is 29.8 Å². The number of aryl methyl sites for hydroxylation is 1. The monoisotopic (exact) mass is 414 g/mol. The Morgan fingerprint density at radius 1 is 1.20 bits per heavy atom. The predicted molar refractivity (Wildman–Crippen MR) is 106 cm³/mol. The summed E-state index contributed by atoms with van der Waals surface area (Å²) < 4.78 is 41.2. The molecule has 0 N–H and O–H groups in total. The number of likely N-dealkylation sites (N-methyl/N-ethyl adjacent to an activating group) is 1. The standard InChI is InChI=1S/C21H20F2N4O3/c1-12-4-5-15(9-24-12)30-20-16(22)6-14(7-17(20)23)11-29-18-8-19-26(3)13(2)10-27(19)21(28)25-18/h4-9,13H,10-11H2,1-3H3/t13-/m1/s1. The van der Waals surface area contributed by atoms with Crippen molar-refractivity contribution in [2.75, 3.05) is 11.9 Å². The Balaban J connectivity index is 1.50. The molecule has 0 radical (unpaired) electrons. The van der Waals surface area contributed by atoms with Gasteiger partial charge in [0.25, 0.3) is 0 Å². The van der Waals surface area contributed by atoms with E-state index in [0.29, 0.717) is 12.4 Å². The van der Waals surface area contributed by atoms with Crippen LogP contribution in [0.1, 0.15) is 18.2 Å². The number of halogens is 2. The first kappa shape index (κ1) is 19.8. The van der Waals surface area contributed by atoms with E-state index in [1.807, 2.05) is 18.9 Å². The van der Waals surface area contributed by atoms with Crippen LogP contribution in [0.15, 0.2) is 41.3 Å². The van der Waals surface area contributed by atoms with Gasteiger partial charge in [-0.15, -0.1) is 0 Å². The fourth-order valence-corrected chi connectivity index (χ4v) is 3.21. The average Bonchev–Trinajstić information content (AvgIpc) is 2.99. The number of hydrogen-bond acceptors (Lipinski definition) is 6. The summed E-state index contributed by atoms with van der Waals surface area (Å²) >= 11 is 0. The fraction of sp³-hybridized carbons (Fsp3) is 0.286. The number of ether oxygens (including phenoxy) is 2. The summed E-state index contributed by atoms with van der Waals surface area (Å²) in [5.74, 6) is -1.25. The van der Waals surface area contributed by atoms with Crippen LogP contribution < -0.4 is 20.1 Å². The lowest BCUT2D eigenvalue weighted by molar-refractivity contribution is 0.289. The van der Waals surface area contributed by atoms with Gasteiger partial charge in [0.05, 0.1) is 6.20 Å². The van der Waals surface area contributed by atoms with Crippen LogP contribution in [0, 0.1) is 18.6 Å². The van der Waals surface area contributed by atoms with Gasteiger partial charge in [-0.1, -0.05) is 0 Å². The predicted octanol–water partition coefficient (Wildman–Crippen LogP) is 3.43. The number of aromatic nitrogens is 3. The molecule has 30 heavy (non-hydrogen) atoms. The fourth-order valence-electron chi connectivity index (χ4n) is 3.21. The van der Waals surface area contributed by atoms with E-state index in [1.54, 1.807) is 29.7 Å². The molecular weight excluding hydrogens is 394 g/mol. The van der Waals surface area contributed by atoms with E-state index in [0.717, 1.165) is 17.8 Å². The van der Waals surface area contributed by atoms with Gasteiger partial charge >= 0.3 is 5.69 Å². The highest BCUT2D eigenvalue weighted by Gasteiger charge is 2.25. The van der Waals surface area contributed by atoms with Gasteiger partial charge in [0.15, 0.2) is 17.4 Å². The smallest absolute Gasteiger partial charge is 0.352 e. The molecule has 7 nitrogen and oxygen atoms in total. The zero-order chi connectivity index (χ0) is 21.4. The molecule has 0 unspecified atom stereocenters. The SMILES string of the molecule is Cc1ccc(Oc2c(F)cc(COc3cc4n(c(=O)n3)C[C@@H](C)N4C)cc2F)cn1. The van der Waals surface area contributed by atoms with E-state index in [1.165, 1.54) is 6.20 Å². The number of benzene rings is 1. The maximum Gasteiger partial charge on any atom is 0.352 e. The lowest BCUT2D eigenvalue weighted by atomic mass is 10.2. The summed E-state index contributed by atoms with van der Waals surface area (Å²) in [6.45, 7) is 4.18. The summed E-state index contributed by atoms with van der Waals surface area (Å²) in [5.41, 5.74) is 0.575. The molecule has 9 heteroatoms. The largest absolute Gasteiger partial charge is 0.473 e. The second kappa shape index (κ2) is 7.74. The second-order valence-corrected chi connectivity index (χ2v) is 7.22. The molecule has 0 saturated carbocycles. The first-order chi connectivity index (χ1) is 14.3. The van der Waals surface area contributed by atoms with Crippen molar-refractivity contribution >= 4 is 5.82 Å². The quantitative estimate of drug-likeness (QED) is 0.637. The van der Waals surface area contributed by atoms with Crippen LogP contribution in [0.3, 0.4) is 0 Å². The van der Waals surface area contributed by atoms with E-state index >= 15 is 0 Å². The van der Waals surface area contributed by atoms with Gasteiger partial charge in [-0.3, -0.25) is 9.55 Å². The summed E-state index contributed by atoms with van der Waals surface area (Å²) in [5, 5.41) is 0. The van der Waals surface area contributed by atoms with Gasteiger partial charge in [0.2, 0.25) is 5.88 Å². The van der Waals surface area contributed by atoms with Gasteiger partial charge in [-0.2, -0.15) is 4.98 Å². The number of hydrogen-bond donors (Lipinski definition) is 0. The third kappa shape index (κ3) is 3.83. The Morgan fingerprint density at radius 2 is 1.93 bits per heavy atom. The topological polar surface area (TPSA) is 69.5 Å². The normalized spacial score (nSPS) is 15.2. The average molecular weight is 414 g/mol. The third-order valence-electron chi connectivity index (χ3n) is 4.98. The molecule has 0 aliphatic carbocycles. The number of nitrogens with zero attached hydrogens (tertiary/aromatic N) is 4. The molecule has 156 valence electrons. The van der Waals surface area contributed by atoms with Crippen LogP contribution >= 0.6 is 0 Å². The van der Waals surface area contributed by atoms with Crippen molar-refractivity contribution in [1.29, 1.82) is 0 Å². The number of fused-ring (bicyclic) bond motifs is 1. The molecule has 0 spiro atoms. The van der Waals surface area contributed by atoms with Crippen LogP contribution in [-0.2, 0) is 13.2 Å². The molecule has 1 aliphatic heterocycles. The highest BCUT2D eigenvalue weighted by Crippen LogP contribution is 2.29. The molecular formula is C21H20F2N4O3. The summed E-state index contributed by atoms with van der Waals surface area (Å²) in [4.78, 5) is 22.1. The van der Waals surface area contributed by atoms with E-state index < -0.39 is 23.1 Å². The third-order valence-corrected chi connectivity index (χ3v) is 4.98. The van der Waals surface area contributed by atoms with Gasteiger partial charge < -0.3 is 14.4 Å².